The van der Waals surface area contributed by atoms with Crippen LogP contribution in [0.4, 0.5) is 0 Å². The van der Waals surface area contributed by atoms with E-state index in [4.69, 9.17) is 5.84 Å². The first-order valence-corrected chi connectivity index (χ1v) is 6.44. The molecule has 2 unspecified atom stereocenters. The summed E-state index contributed by atoms with van der Waals surface area (Å²) >= 11 is 0. The van der Waals surface area contributed by atoms with Crippen molar-refractivity contribution in [3.05, 3.63) is 23.3 Å². The Bertz CT molecular complexity index is 433. The van der Waals surface area contributed by atoms with E-state index in [0.29, 0.717) is 12.8 Å². The summed E-state index contributed by atoms with van der Waals surface area (Å²) in [6.45, 7) is 4.16. The van der Waals surface area contributed by atoms with Gasteiger partial charge in [0.1, 0.15) is 0 Å². The summed E-state index contributed by atoms with van der Waals surface area (Å²) in [6.07, 6.45) is 7.64. The summed E-state index contributed by atoms with van der Waals surface area (Å²) < 4.78 is 0. The Morgan fingerprint density at radius 1 is 1.39 bits per heavy atom. The van der Waals surface area contributed by atoms with Crippen LogP contribution in [0.1, 0.15) is 39.5 Å². The van der Waals surface area contributed by atoms with Gasteiger partial charge in [0.15, 0.2) is 0 Å². The van der Waals surface area contributed by atoms with Crippen LogP contribution in [0.2, 0.25) is 0 Å². The zero-order chi connectivity index (χ0) is 13.3. The Morgan fingerprint density at radius 2 is 2.06 bits per heavy atom. The maximum atomic E-state index is 11.8. The molecule has 0 aromatic carbocycles. The van der Waals surface area contributed by atoms with Crippen molar-refractivity contribution in [2.75, 3.05) is 0 Å². The third kappa shape index (κ3) is 2.38. The lowest BCUT2D eigenvalue weighted by atomic mass is 9.80. The van der Waals surface area contributed by atoms with Gasteiger partial charge in [-0.25, -0.2) is 10.9 Å². The van der Waals surface area contributed by atoms with Crippen molar-refractivity contribution in [1.82, 2.24) is 5.01 Å². The molecule has 4 heteroatoms. The number of imide groups is 1. The molecule has 0 saturated carbocycles. The first-order chi connectivity index (χ1) is 8.50. The summed E-state index contributed by atoms with van der Waals surface area (Å²) in [5.74, 6) is 4.61. The van der Waals surface area contributed by atoms with Crippen molar-refractivity contribution in [3.8, 4) is 0 Å². The van der Waals surface area contributed by atoms with Crippen molar-refractivity contribution in [2.45, 2.75) is 39.5 Å². The molecule has 18 heavy (non-hydrogen) atoms. The van der Waals surface area contributed by atoms with Crippen molar-refractivity contribution in [2.24, 2.45) is 17.7 Å². The van der Waals surface area contributed by atoms with Crippen molar-refractivity contribution in [1.29, 1.82) is 0 Å². The molecule has 0 bridgehead atoms. The van der Waals surface area contributed by atoms with Gasteiger partial charge in [-0.3, -0.25) is 9.59 Å². The topological polar surface area (TPSA) is 63.4 Å². The summed E-state index contributed by atoms with van der Waals surface area (Å²) in [7, 11) is 0. The van der Waals surface area contributed by atoms with Crippen LogP contribution in [-0.4, -0.2) is 16.8 Å². The van der Waals surface area contributed by atoms with Crippen molar-refractivity contribution < 1.29 is 9.59 Å². The molecule has 0 aromatic rings. The highest BCUT2D eigenvalue weighted by atomic mass is 16.2. The molecule has 0 aromatic heterocycles. The average molecular weight is 248 g/mol. The molecule has 2 atom stereocenters. The van der Waals surface area contributed by atoms with Crippen LogP contribution in [0.3, 0.4) is 0 Å². The molecule has 2 aliphatic rings. The Labute approximate surface area is 107 Å². The van der Waals surface area contributed by atoms with Gasteiger partial charge < -0.3 is 0 Å². The van der Waals surface area contributed by atoms with Gasteiger partial charge in [-0.2, -0.15) is 0 Å². The number of fused-ring (bicyclic) bond motifs is 1. The summed E-state index contributed by atoms with van der Waals surface area (Å²) in [5, 5.41) is 0.808. The third-order valence-electron chi connectivity index (χ3n) is 3.76. The standard InChI is InChI=1S/C14H20N2O2/c1-9(2)4-3-5-10-6-7-11-12(8-10)14(18)16(15)13(11)17/h4,6,11-12H,3,5,7-8,15H2,1-2H3. The zero-order valence-electron chi connectivity index (χ0n) is 11.0. The first-order valence-electron chi connectivity index (χ1n) is 6.44. The minimum Gasteiger partial charge on any atom is -0.273 e. The fraction of sp³-hybridized carbons (Fsp3) is 0.571. The smallest absolute Gasteiger partial charge is 0.247 e. The maximum absolute atomic E-state index is 11.8. The molecular weight excluding hydrogens is 228 g/mol. The number of carbonyl (C=O) groups is 2. The Hall–Kier alpha value is -1.42. The lowest BCUT2D eigenvalue weighted by Crippen LogP contribution is -2.37. The second-order valence-corrected chi connectivity index (χ2v) is 5.38. The molecular formula is C14H20N2O2. The van der Waals surface area contributed by atoms with E-state index in [1.54, 1.807) is 0 Å². The van der Waals surface area contributed by atoms with Gasteiger partial charge in [0.2, 0.25) is 11.8 Å². The van der Waals surface area contributed by atoms with Crippen LogP contribution in [-0.2, 0) is 9.59 Å². The number of carbonyl (C=O) groups excluding carboxylic acids is 2. The summed E-state index contributed by atoms with van der Waals surface area (Å²) in [5.41, 5.74) is 2.59. The van der Waals surface area contributed by atoms with E-state index in [0.717, 1.165) is 17.9 Å². The van der Waals surface area contributed by atoms with E-state index in [-0.39, 0.29) is 23.7 Å². The average Bonchev–Trinajstić information content (AvgIpc) is 2.54. The highest BCUT2D eigenvalue weighted by Gasteiger charge is 2.47. The number of rotatable bonds is 3. The minimum atomic E-state index is -0.218. The van der Waals surface area contributed by atoms with Gasteiger partial charge in [0.25, 0.3) is 0 Å². The quantitative estimate of drug-likeness (QED) is 0.359. The predicted molar refractivity (Wildman–Crippen MR) is 69.0 cm³/mol. The van der Waals surface area contributed by atoms with Gasteiger partial charge in [-0.15, -0.1) is 0 Å². The number of hydrazine groups is 1. The van der Waals surface area contributed by atoms with Gasteiger partial charge in [-0.05, 0) is 39.5 Å². The van der Waals surface area contributed by atoms with Gasteiger partial charge in [-0.1, -0.05) is 23.3 Å². The monoisotopic (exact) mass is 248 g/mol. The van der Waals surface area contributed by atoms with E-state index in [2.05, 4.69) is 26.0 Å². The summed E-state index contributed by atoms with van der Waals surface area (Å²) in [4.78, 5) is 23.5. The number of hydrogen-bond acceptors (Lipinski definition) is 3. The van der Waals surface area contributed by atoms with E-state index in [1.807, 2.05) is 0 Å². The molecule has 1 aliphatic heterocycles. The fourth-order valence-electron chi connectivity index (χ4n) is 2.71. The maximum Gasteiger partial charge on any atom is 0.247 e. The van der Waals surface area contributed by atoms with Gasteiger partial charge in [0.05, 0.1) is 11.8 Å². The van der Waals surface area contributed by atoms with Crippen LogP contribution >= 0.6 is 0 Å². The van der Waals surface area contributed by atoms with Crippen LogP contribution in [0, 0.1) is 11.8 Å². The fourth-order valence-corrected chi connectivity index (χ4v) is 2.71. The molecule has 98 valence electrons. The highest BCUT2D eigenvalue weighted by Crippen LogP contribution is 2.37. The van der Waals surface area contributed by atoms with Gasteiger partial charge in [0, 0.05) is 0 Å². The SMILES string of the molecule is CC(C)=CCCC1=CCC2C(=O)N(N)C(=O)C2C1. The summed E-state index contributed by atoms with van der Waals surface area (Å²) in [6, 6.07) is 0. The molecule has 1 aliphatic carbocycles. The third-order valence-corrected chi connectivity index (χ3v) is 3.76. The van der Waals surface area contributed by atoms with E-state index < -0.39 is 0 Å². The molecule has 0 spiro atoms. The van der Waals surface area contributed by atoms with Crippen molar-refractivity contribution >= 4 is 11.8 Å². The van der Waals surface area contributed by atoms with Crippen LogP contribution < -0.4 is 5.84 Å². The van der Waals surface area contributed by atoms with E-state index in [1.165, 1.54) is 11.1 Å². The number of allylic oxidation sites excluding steroid dienone is 4. The van der Waals surface area contributed by atoms with Crippen LogP contribution in [0.5, 0.6) is 0 Å². The lowest BCUT2D eigenvalue weighted by Gasteiger charge is -2.21. The van der Waals surface area contributed by atoms with Gasteiger partial charge >= 0.3 is 0 Å². The molecule has 1 heterocycles. The van der Waals surface area contributed by atoms with Crippen LogP contribution in [0.25, 0.3) is 0 Å². The molecule has 0 radical (unpaired) electrons. The molecule has 2 N–H and O–H groups in total. The Morgan fingerprint density at radius 3 is 2.72 bits per heavy atom. The Kier molecular flexibility index (Phi) is 3.66. The Balaban J connectivity index is 2.00. The normalized spacial score (nSPS) is 27.1. The second-order valence-electron chi connectivity index (χ2n) is 5.38. The number of nitrogens with zero attached hydrogens (tertiary/aromatic N) is 1. The lowest BCUT2D eigenvalue weighted by molar-refractivity contribution is -0.140. The highest BCUT2D eigenvalue weighted by molar-refractivity contribution is 6.04. The van der Waals surface area contributed by atoms with E-state index in [9.17, 15) is 9.59 Å². The zero-order valence-corrected chi connectivity index (χ0v) is 11.0. The van der Waals surface area contributed by atoms with Crippen LogP contribution in [0.15, 0.2) is 23.3 Å². The first kappa shape index (κ1) is 13.0. The number of amides is 2. The number of nitrogens with two attached hydrogens (primary N) is 1. The van der Waals surface area contributed by atoms with Crippen molar-refractivity contribution in [3.63, 3.8) is 0 Å². The largest absolute Gasteiger partial charge is 0.273 e. The molecule has 1 fully saturated rings. The molecule has 4 nitrogen and oxygen atoms in total. The molecule has 2 rings (SSSR count). The van der Waals surface area contributed by atoms with E-state index >= 15 is 0 Å². The predicted octanol–water partition coefficient (Wildman–Crippen LogP) is 1.93. The molecule has 1 saturated heterocycles. The number of hydrogen-bond donors (Lipinski definition) is 1. The minimum absolute atomic E-state index is 0.210. The second kappa shape index (κ2) is 5.06. The molecule has 2 amide bonds.